The summed E-state index contributed by atoms with van der Waals surface area (Å²) in [6.07, 6.45) is 0.751. The number of halogens is 2. The van der Waals surface area contributed by atoms with Gasteiger partial charge in [0.2, 0.25) is 0 Å². The molecular weight excluding hydrogens is 270 g/mol. The minimum absolute atomic E-state index is 0.159. The van der Waals surface area contributed by atoms with Crippen LogP contribution in [0.1, 0.15) is 45.7 Å². The Labute approximate surface area is 127 Å². The molecule has 0 heterocycles. The van der Waals surface area contributed by atoms with Crippen molar-refractivity contribution in [3.05, 3.63) is 35.4 Å². The van der Waals surface area contributed by atoms with Crippen molar-refractivity contribution in [3.8, 4) is 0 Å². The molecule has 1 N–H and O–H groups in total. The van der Waals surface area contributed by atoms with Gasteiger partial charge in [-0.3, -0.25) is 0 Å². The van der Waals surface area contributed by atoms with Gasteiger partial charge >= 0.3 is 0 Å². The molecule has 0 bridgehead atoms. The van der Waals surface area contributed by atoms with Crippen LogP contribution in [0, 0.1) is 17.0 Å². The second-order valence-electron chi connectivity index (χ2n) is 6.84. The maximum absolute atomic E-state index is 13.9. The van der Waals surface area contributed by atoms with E-state index >= 15 is 0 Å². The van der Waals surface area contributed by atoms with Crippen molar-refractivity contribution in [1.29, 1.82) is 0 Å². The molecule has 1 rings (SSSR count). The monoisotopic (exact) mass is 298 g/mol. The van der Waals surface area contributed by atoms with Gasteiger partial charge in [-0.1, -0.05) is 39.8 Å². The molecular formula is C17H28F2N2. The van der Waals surface area contributed by atoms with Crippen LogP contribution in [0.25, 0.3) is 0 Å². The van der Waals surface area contributed by atoms with Gasteiger partial charge < -0.3 is 10.2 Å². The number of nitrogens with one attached hydrogen (secondary N) is 1. The lowest BCUT2D eigenvalue weighted by Gasteiger charge is -2.28. The molecule has 0 saturated carbocycles. The lowest BCUT2D eigenvalue weighted by molar-refractivity contribution is 0.217. The molecule has 0 aliphatic heterocycles. The molecule has 0 aromatic heterocycles. The maximum atomic E-state index is 13.9. The quantitative estimate of drug-likeness (QED) is 0.819. The molecule has 0 amide bonds. The SMILES string of the molecule is CCNC(CCN(C)CC(C)(C)C)c1cccc(F)c1F. The number of hydrogen-bond acceptors (Lipinski definition) is 2. The molecule has 0 saturated heterocycles. The predicted molar refractivity (Wildman–Crippen MR) is 84.3 cm³/mol. The molecule has 0 aliphatic carbocycles. The number of benzene rings is 1. The molecule has 1 atom stereocenters. The van der Waals surface area contributed by atoms with Crippen molar-refractivity contribution in [3.63, 3.8) is 0 Å². The van der Waals surface area contributed by atoms with Gasteiger partial charge in [0.05, 0.1) is 0 Å². The summed E-state index contributed by atoms with van der Waals surface area (Å²) < 4.78 is 27.3. The van der Waals surface area contributed by atoms with Gasteiger partial charge in [0.25, 0.3) is 0 Å². The van der Waals surface area contributed by atoms with E-state index < -0.39 is 11.6 Å². The second kappa shape index (κ2) is 7.85. The Hall–Kier alpha value is -1.00. The summed E-state index contributed by atoms with van der Waals surface area (Å²) >= 11 is 0. The summed E-state index contributed by atoms with van der Waals surface area (Å²) in [5, 5.41) is 3.25. The van der Waals surface area contributed by atoms with Crippen molar-refractivity contribution >= 4 is 0 Å². The van der Waals surface area contributed by atoms with E-state index in [4.69, 9.17) is 0 Å². The average molecular weight is 298 g/mol. The zero-order chi connectivity index (χ0) is 16.0. The van der Waals surface area contributed by atoms with Crippen LogP contribution in [0.2, 0.25) is 0 Å². The fourth-order valence-corrected chi connectivity index (χ4v) is 2.64. The van der Waals surface area contributed by atoms with Crippen molar-refractivity contribution in [2.45, 2.75) is 40.2 Å². The summed E-state index contributed by atoms with van der Waals surface area (Å²) in [4.78, 5) is 2.24. The maximum Gasteiger partial charge on any atom is 0.163 e. The van der Waals surface area contributed by atoms with E-state index in [0.717, 1.165) is 32.1 Å². The standard InChI is InChI=1S/C17H28F2N2/c1-6-20-15(10-11-21(5)12-17(2,3)4)13-8-7-9-14(18)16(13)19/h7-9,15,20H,6,10-12H2,1-5H3. The first-order chi connectivity index (χ1) is 9.74. The van der Waals surface area contributed by atoms with Crippen LogP contribution in [0.3, 0.4) is 0 Å². The highest BCUT2D eigenvalue weighted by molar-refractivity contribution is 5.22. The van der Waals surface area contributed by atoms with Crippen molar-refractivity contribution in [1.82, 2.24) is 10.2 Å². The van der Waals surface area contributed by atoms with Crippen LogP contribution in [-0.2, 0) is 0 Å². The molecule has 1 unspecified atom stereocenters. The Balaban J connectivity index is 2.72. The molecule has 0 fully saturated rings. The topological polar surface area (TPSA) is 15.3 Å². The van der Waals surface area contributed by atoms with Gasteiger partial charge in [0.15, 0.2) is 11.6 Å². The zero-order valence-electron chi connectivity index (χ0n) is 13.8. The van der Waals surface area contributed by atoms with E-state index in [0.29, 0.717) is 5.56 Å². The summed E-state index contributed by atoms with van der Waals surface area (Å²) in [6.45, 7) is 11.1. The third kappa shape index (κ3) is 6.10. The summed E-state index contributed by atoms with van der Waals surface area (Å²) in [6, 6.07) is 4.23. The molecule has 0 spiro atoms. The summed E-state index contributed by atoms with van der Waals surface area (Å²) in [5.41, 5.74) is 0.646. The van der Waals surface area contributed by atoms with E-state index in [1.54, 1.807) is 12.1 Å². The molecule has 1 aromatic carbocycles. The van der Waals surface area contributed by atoms with Gasteiger partial charge in [-0.2, -0.15) is 0 Å². The fourth-order valence-electron chi connectivity index (χ4n) is 2.64. The fraction of sp³-hybridized carbons (Fsp3) is 0.647. The highest BCUT2D eigenvalue weighted by Gasteiger charge is 2.19. The second-order valence-corrected chi connectivity index (χ2v) is 6.84. The highest BCUT2D eigenvalue weighted by atomic mass is 19.2. The van der Waals surface area contributed by atoms with Crippen molar-refractivity contribution < 1.29 is 8.78 Å². The van der Waals surface area contributed by atoms with Crippen LogP contribution in [-0.4, -0.2) is 31.6 Å². The lowest BCUT2D eigenvalue weighted by atomic mass is 9.96. The van der Waals surface area contributed by atoms with E-state index in [9.17, 15) is 8.78 Å². The minimum Gasteiger partial charge on any atom is -0.310 e. The van der Waals surface area contributed by atoms with Gasteiger partial charge in [-0.15, -0.1) is 0 Å². The summed E-state index contributed by atoms with van der Waals surface area (Å²) in [7, 11) is 2.07. The summed E-state index contributed by atoms with van der Waals surface area (Å²) in [5.74, 6) is -1.51. The van der Waals surface area contributed by atoms with Crippen molar-refractivity contribution in [2.24, 2.45) is 5.41 Å². The Morgan fingerprint density at radius 1 is 1.24 bits per heavy atom. The van der Waals surface area contributed by atoms with Crippen LogP contribution in [0.15, 0.2) is 18.2 Å². The Morgan fingerprint density at radius 2 is 1.90 bits per heavy atom. The normalized spacial score (nSPS) is 13.7. The smallest absolute Gasteiger partial charge is 0.163 e. The number of nitrogens with zero attached hydrogens (tertiary/aromatic N) is 1. The van der Waals surface area contributed by atoms with E-state index in [-0.39, 0.29) is 11.5 Å². The average Bonchev–Trinajstić information content (AvgIpc) is 2.36. The van der Waals surface area contributed by atoms with E-state index in [2.05, 4.69) is 38.0 Å². The zero-order valence-corrected chi connectivity index (χ0v) is 13.8. The molecule has 4 heteroatoms. The Kier molecular flexibility index (Phi) is 6.75. The first kappa shape index (κ1) is 18.1. The van der Waals surface area contributed by atoms with Gasteiger partial charge in [0, 0.05) is 18.2 Å². The molecule has 0 radical (unpaired) electrons. The van der Waals surface area contributed by atoms with Crippen LogP contribution in [0.4, 0.5) is 8.78 Å². The largest absolute Gasteiger partial charge is 0.310 e. The first-order valence-electron chi connectivity index (χ1n) is 7.60. The number of rotatable bonds is 7. The predicted octanol–water partition coefficient (Wildman–Crippen LogP) is 3.98. The third-order valence-corrected chi connectivity index (χ3v) is 3.35. The third-order valence-electron chi connectivity index (χ3n) is 3.35. The molecule has 1 aromatic rings. The van der Waals surface area contributed by atoms with Gasteiger partial charge in [0.1, 0.15) is 0 Å². The van der Waals surface area contributed by atoms with E-state index in [1.807, 2.05) is 6.92 Å². The Bertz CT molecular complexity index is 441. The van der Waals surface area contributed by atoms with E-state index in [1.165, 1.54) is 0 Å². The van der Waals surface area contributed by atoms with Gasteiger partial charge in [-0.05, 0) is 38.0 Å². The van der Waals surface area contributed by atoms with Gasteiger partial charge in [-0.25, -0.2) is 8.78 Å². The highest BCUT2D eigenvalue weighted by Crippen LogP contribution is 2.23. The Morgan fingerprint density at radius 3 is 2.48 bits per heavy atom. The number of hydrogen-bond donors (Lipinski definition) is 1. The molecule has 120 valence electrons. The molecule has 2 nitrogen and oxygen atoms in total. The molecule has 0 aliphatic rings. The van der Waals surface area contributed by atoms with Crippen LogP contribution in [0.5, 0.6) is 0 Å². The van der Waals surface area contributed by atoms with Crippen LogP contribution >= 0.6 is 0 Å². The van der Waals surface area contributed by atoms with Crippen molar-refractivity contribution in [2.75, 3.05) is 26.7 Å². The molecule has 21 heavy (non-hydrogen) atoms. The lowest BCUT2D eigenvalue weighted by Crippen LogP contribution is -2.33. The van der Waals surface area contributed by atoms with Crippen LogP contribution < -0.4 is 5.32 Å². The minimum atomic E-state index is -0.779. The first-order valence-corrected chi connectivity index (χ1v) is 7.60.